The van der Waals surface area contributed by atoms with Gasteiger partial charge in [0.25, 0.3) is 0 Å². The average molecular weight is 384 g/mol. The Balaban J connectivity index is 2.01. The molecule has 1 heterocycles. The Kier molecular flexibility index (Phi) is 6.18. The van der Waals surface area contributed by atoms with Crippen LogP contribution in [0.15, 0.2) is 24.3 Å². The van der Waals surface area contributed by atoms with Crippen molar-refractivity contribution in [1.29, 1.82) is 0 Å². The van der Waals surface area contributed by atoms with Crippen LogP contribution in [-0.2, 0) is 20.5 Å². The lowest BCUT2D eigenvalue weighted by Gasteiger charge is -2.39. The van der Waals surface area contributed by atoms with Crippen LogP contribution in [0.5, 0.6) is 5.75 Å². The lowest BCUT2D eigenvalue weighted by atomic mass is 10.2. The molecule has 0 unspecified atom stereocenters. The van der Waals surface area contributed by atoms with E-state index in [4.69, 9.17) is 9.47 Å². The zero-order chi connectivity index (χ0) is 19.5. The molecule has 1 amide bonds. The summed E-state index contributed by atoms with van der Waals surface area (Å²) in [5, 5.41) is 0. The van der Waals surface area contributed by atoms with Crippen LogP contribution in [-0.4, -0.2) is 62.1 Å². The molecule has 1 atom stereocenters. The Morgan fingerprint density at radius 3 is 2.31 bits per heavy atom. The third-order valence-electron chi connectivity index (χ3n) is 4.08. The van der Waals surface area contributed by atoms with Gasteiger partial charge in [-0.25, -0.2) is 13.2 Å². The largest absolute Gasteiger partial charge is 0.497 e. The Labute approximate surface area is 155 Å². The molecular weight excluding hydrogens is 356 g/mol. The van der Waals surface area contributed by atoms with E-state index in [1.54, 1.807) is 36.3 Å². The summed E-state index contributed by atoms with van der Waals surface area (Å²) in [5.74, 6) is 0.610. The van der Waals surface area contributed by atoms with Gasteiger partial charge >= 0.3 is 6.09 Å². The van der Waals surface area contributed by atoms with E-state index in [1.165, 1.54) is 4.31 Å². The molecule has 7 nitrogen and oxygen atoms in total. The Morgan fingerprint density at radius 1 is 1.19 bits per heavy atom. The van der Waals surface area contributed by atoms with E-state index in [0.717, 1.165) is 0 Å². The second-order valence-corrected chi connectivity index (χ2v) is 9.41. The Bertz CT molecular complexity index is 725. The molecule has 2 rings (SSSR count). The monoisotopic (exact) mass is 384 g/mol. The molecule has 0 radical (unpaired) electrons. The predicted octanol–water partition coefficient (Wildman–Crippen LogP) is 2.47. The fourth-order valence-corrected chi connectivity index (χ4v) is 4.62. The number of amides is 1. The number of carbonyl (C=O) groups excluding carboxylic acids is 1. The van der Waals surface area contributed by atoms with E-state index in [2.05, 4.69) is 0 Å². The predicted molar refractivity (Wildman–Crippen MR) is 99.6 cm³/mol. The Hall–Kier alpha value is -1.80. The summed E-state index contributed by atoms with van der Waals surface area (Å²) in [5.41, 5.74) is 0.130. The van der Waals surface area contributed by atoms with Crippen molar-refractivity contribution in [3.63, 3.8) is 0 Å². The third kappa shape index (κ3) is 5.35. The second-order valence-electron chi connectivity index (χ2n) is 7.49. The molecule has 0 aromatic heterocycles. The number of hydrogen-bond donors (Lipinski definition) is 0. The number of carbonyl (C=O) groups is 1. The van der Waals surface area contributed by atoms with Crippen molar-refractivity contribution < 1.29 is 22.7 Å². The minimum Gasteiger partial charge on any atom is -0.497 e. The van der Waals surface area contributed by atoms with Gasteiger partial charge in [-0.2, -0.15) is 4.31 Å². The van der Waals surface area contributed by atoms with E-state index in [0.29, 0.717) is 24.4 Å². The standard InChI is InChI=1S/C18H28N2O5S/c1-14-12-19(17(21)25-18(2,3)4)10-11-20(14)26(22,23)13-15-6-8-16(24-5)9-7-15/h6-9,14H,10-13H2,1-5H3/t14-/m1/s1. The van der Waals surface area contributed by atoms with Gasteiger partial charge < -0.3 is 14.4 Å². The molecule has 146 valence electrons. The highest BCUT2D eigenvalue weighted by atomic mass is 32.2. The first-order chi connectivity index (χ1) is 12.0. The van der Waals surface area contributed by atoms with Crippen molar-refractivity contribution in [1.82, 2.24) is 9.21 Å². The number of piperazine rings is 1. The van der Waals surface area contributed by atoms with Crippen molar-refractivity contribution >= 4 is 16.1 Å². The third-order valence-corrected chi connectivity index (χ3v) is 6.04. The Morgan fingerprint density at radius 2 is 1.81 bits per heavy atom. The van der Waals surface area contributed by atoms with Crippen molar-refractivity contribution in [2.45, 2.75) is 45.1 Å². The molecule has 0 saturated carbocycles. The second kappa shape index (κ2) is 7.84. The molecule has 26 heavy (non-hydrogen) atoms. The highest BCUT2D eigenvalue weighted by Crippen LogP contribution is 2.21. The topological polar surface area (TPSA) is 76.2 Å². The average Bonchev–Trinajstić information content (AvgIpc) is 2.53. The minimum absolute atomic E-state index is 0.0756. The number of benzene rings is 1. The van der Waals surface area contributed by atoms with E-state index in [9.17, 15) is 13.2 Å². The van der Waals surface area contributed by atoms with Gasteiger partial charge in [-0.05, 0) is 45.4 Å². The number of sulfonamides is 1. The molecule has 1 aliphatic rings. The van der Waals surface area contributed by atoms with Crippen LogP contribution < -0.4 is 4.74 Å². The first-order valence-electron chi connectivity index (χ1n) is 8.62. The maximum Gasteiger partial charge on any atom is 0.410 e. The summed E-state index contributed by atoms with van der Waals surface area (Å²) in [6, 6.07) is 6.68. The normalized spacial score (nSPS) is 19.3. The first-order valence-corrected chi connectivity index (χ1v) is 10.2. The van der Waals surface area contributed by atoms with Gasteiger partial charge in [-0.1, -0.05) is 12.1 Å². The van der Waals surface area contributed by atoms with Crippen LogP contribution in [0.2, 0.25) is 0 Å². The summed E-state index contributed by atoms with van der Waals surface area (Å²) in [4.78, 5) is 13.8. The van der Waals surface area contributed by atoms with Crippen molar-refractivity contribution in [3.05, 3.63) is 29.8 Å². The van der Waals surface area contributed by atoms with Crippen LogP contribution in [0.25, 0.3) is 0 Å². The van der Waals surface area contributed by atoms with Crippen molar-refractivity contribution in [3.8, 4) is 5.75 Å². The van der Waals surface area contributed by atoms with E-state index >= 15 is 0 Å². The lowest BCUT2D eigenvalue weighted by molar-refractivity contribution is 0.0143. The molecule has 1 aromatic carbocycles. The van der Waals surface area contributed by atoms with E-state index in [1.807, 2.05) is 27.7 Å². The molecule has 0 aliphatic carbocycles. The minimum atomic E-state index is -3.48. The van der Waals surface area contributed by atoms with Gasteiger partial charge in [-0.15, -0.1) is 0 Å². The maximum absolute atomic E-state index is 12.8. The zero-order valence-electron chi connectivity index (χ0n) is 16.1. The number of hydrogen-bond acceptors (Lipinski definition) is 5. The van der Waals surface area contributed by atoms with Gasteiger partial charge in [0.2, 0.25) is 10.0 Å². The molecule has 1 saturated heterocycles. The van der Waals surface area contributed by atoms with Crippen LogP contribution in [0.1, 0.15) is 33.3 Å². The van der Waals surface area contributed by atoms with Gasteiger partial charge in [0.1, 0.15) is 11.4 Å². The van der Waals surface area contributed by atoms with Gasteiger partial charge in [0.15, 0.2) is 0 Å². The summed E-state index contributed by atoms with van der Waals surface area (Å²) in [6.45, 7) is 8.14. The maximum atomic E-state index is 12.8. The van der Waals surface area contributed by atoms with Crippen LogP contribution in [0.4, 0.5) is 4.79 Å². The lowest BCUT2D eigenvalue weighted by Crippen LogP contribution is -2.56. The fraction of sp³-hybridized carbons (Fsp3) is 0.611. The zero-order valence-corrected chi connectivity index (χ0v) is 16.9. The molecule has 1 aromatic rings. The quantitative estimate of drug-likeness (QED) is 0.797. The van der Waals surface area contributed by atoms with E-state index < -0.39 is 21.7 Å². The smallest absolute Gasteiger partial charge is 0.410 e. The molecule has 8 heteroatoms. The highest BCUT2D eigenvalue weighted by Gasteiger charge is 2.35. The number of rotatable bonds is 4. The van der Waals surface area contributed by atoms with E-state index in [-0.39, 0.29) is 18.3 Å². The summed E-state index contributed by atoms with van der Waals surface area (Å²) < 4.78 is 37.5. The molecule has 0 N–H and O–H groups in total. The van der Waals surface area contributed by atoms with Crippen LogP contribution >= 0.6 is 0 Å². The number of methoxy groups -OCH3 is 1. The molecular formula is C18H28N2O5S. The highest BCUT2D eigenvalue weighted by molar-refractivity contribution is 7.88. The van der Waals surface area contributed by atoms with Crippen molar-refractivity contribution in [2.24, 2.45) is 0 Å². The summed E-state index contributed by atoms with van der Waals surface area (Å²) >= 11 is 0. The molecule has 1 fully saturated rings. The van der Waals surface area contributed by atoms with Crippen LogP contribution in [0.3, 0.4) is 0 Å². The van der Waals surface area contributed by atoms with Gasteiger partial charge in [0, 0.05) is 25.7 Å². The van der Waals surface area contributed by atoms with Crippen molar-refractivity contribution in [2.75, 3.05) is 26.7 Å². The molecule has 0 bridgehead atoms. The first kappa shape index (κ1) is 20.5. The number of nitrogens with zero attached hydrogens (tertiary/aromatic N) is 2. The summed E-state index contributed by atoms with van der Waals surface area (Å²) in [7, 11) is -1.91. The summed E-state index contributed by atoms with van der Waals surface area (Å²) in [6.07, 6.45) is -0.406. The number of ether oxygens (including phenoxy) is 2. The van der Waals surface area contributed by atoms with Crippen LogP contribution in [0, 0.1) is 0 Å². The SMILES string of the molecule is COc1ccc(CS(=O)(=O)N2CCN(C(=O)OC(C)(C)C)C[C@H]2C)cc1. The molecule has 0 spiro atoms. The van der Waals surface area contributed by atoms with Gasteiger partial charge in [-0.3, -0.25) is 0 Å². The fourth-order valence-electron chi connectivity index (χ4n) is 2.86. The molecule has 1 aliphatic heterocycles. The van der Waals surface area contributed by atoms with Gasteiger partial charge in [0.05, 0.1) is 12.9 Å².